The van der Waals surface area contributed by atoms with Crippen molar-refractivity contribution < 1.29 is 0 Å². The van der Waals surface area contributed by atoms with Crippen LogP contribution in [0.4, 0.5) is 0 Å². The van der Waals surface area contributed by atoms with E-state index in [1.54, 1.807) is 0 Å². The third-order valence-corrected chi connectivity index (χ3v) is 1.43. The number of allylic oxidation sites excluding steroid dienone is 3. The summed E-state index contributed by atoms with van der Waals surface area (Å²) in [6.07, 6.45) is 10.1. The van der Waals surface area contributed by atoms with Crippen molar-refractivity contribution in [2.75, 3.05) is 0 Å². The predicted octanol–water partition coefficient (Wildman–Crippen LogP) is 1.75. The van der Waals surface area contributed by atoms with Crippen LogP contribution in [0.1, 0.15) is 6.42 Å². The molecule has 1 rings (SSSR count). The quantitative estimate of drug-likeness (QED) is 0.444. The minimum Gasteiger partial charge on any atom is -0.119 e. The average molecular weight is 104 g/mol. The van der Waals surface area contributed by atoms with Crippen LogP contribution in [0.3, 0.4) is 0 Å². The van der Waals surface area contributed by atoms with Crippen LogP contribution in [0.15, 0.2) is 24.3 Å². The summed E-state index contributed by atoms with van der Waals surface area (Å²) in [5.74, 6) is 3.03. The van der Waals surface area contributed by atoms with Gasteiger partial charge in [-0.25, -0.2) is 0 Å². The lowest BCUT2D eigenvalue weighted by atomic mass is 9.86. The number of terminal acetylenes is 1. The molecule has 1 atom stereocenters. The first-order chi connectivity index (χ1) is 3.88. The van der Waals surface area contributed by atoms with Crippen LogP contribution >= 0.6 is 0 Å². The van der Waals surface area contributed by atoms with E-state index in [1.165, 1.54) is 5.57 Å². The normalized spacial score (nSPS) is 24.9. The molecule has 0 bridgehead atoms. The zero-order chi connectivity index (χ0) is 5.98. The molecule has 0 aliphatic heterocycles. The number of hydrogen-bond donors (Lipinski definition) is 0. The number of rotatable bonds is 1. The number of hydrogen-bond acceptors (Lipinski definition) is 0. The lowest BCUT2D eigenvalue weighted by molar-refractivity contribution is 0.743. The van der Waals surface area contributed by atoms with Crippen molar-refractivity contribution in [3.8, 4) is 12.3 Å². The Kier molecular flexibility index (Phi) is 1.22. The van der Waals surface area contributed by atoms with Crippen molar-refractivity contribution in [1.29, 1.82) is 0 Å². The molecule has 1 aliphatic rings. The first-order valence-electron chi connectivity index (χ1n) is 2.67. The molecule has 8 heavy (non-hydrogen) atoms. The minimum absolute atomic E-state index is 0.368. The molecule has 40 valence electrons. The van der Waals surface area contributed by atoms with E-state index in [2.05, 4.69) is 18.6 Å². The van der Waals surface area contributed by atoms with E-state index in [4.69, 9.17) is 6.42 Å². The van der Waals surface area contributed by atoms with Crippen molar-refractivity contribution in [3.63, 3.8) is 0 Å². The second kappa shape index (κ2) is 1.88. The summed E-state index contributed by atoms with van der Waals surface area (Å²) in [5.41, 5.74) is 1.22. The standard InChI is InChI=1S/C8H8/c1-3-7-5-6-8(7)4-2/h1,4,6-7H,2,5H2. The van der Waals surface area contributed by atoms with Gasteiger partial charge in [-0.3, -0.25) is 0 Å². The Morgan fingerprint density at radius 2 is 2.75 bits per heavy atom. The van der Waals surface area contributed by atoms with Crippen LogP contribution in [0, 0.1) is 18.3 Å². The maximum Gasteiger partial charge on any atom is 0.0480 e. The second-order valence-corrected chi connectivity index (χ2v) is 1.86. The second-order valence-electron chi connectivity index (χ2n) is 1.86. The fourth-order valence-corrected chi connectivity index (χ4v) is 0.762. The summed E-state index contributed by atoms with van der Waals surface area (Å²) in [5, 5.41) is 0. The Morgan fingerprint density at radius 1 is 2.00 bits per heavy atom. The van der Waals surface area contributed by atoms with Crippen molar-refractivity contribution in [2.45, 2.75) is 6.42 Å². The van der Waals surface area contributed by atoms with Crippen LogP contribution < -0.4 is 0 Å². The van der Waals surface area contributed by atoms with Gasteiger partial charge in [0.15, 0.2) is 0 Å². The van der Waals surface area contributed by atoms with Gasteiger partial charge in [0.25, 0.3) is 0 Å². The van der Waals surface area contributed by atoms with Gasteiger partial charge in [0.1, 0.15) is 0 Å². The van der Waals surface area contributed by atoms with Gasteiger partial charge in [-0.2, -0.15) is 0 Å². The third-order valence-electron chi connectivity index (χ3n) is 1.43. The summed E-state index contributed by atoms with van der Waals surface area (Å²) >= 11 is 0. The van der Waals surface area contributed by atoms with Crippen LogP contribution in [-0.4, -0.2) is 0 Å². The average Bonchev–Trinajstić information content (AvgIpc) is 1.66. The van der Waals surface area contributed by atoms with Gasteiger partial charge in [0.2, 0.25) is 0 Å². The van der Waals surface area contributed by atoms with Crippen LogP contribution in [0.2, 0.25) is 0 Å². The lowest BCUT2D eigenvalue weighted by Crippen LogP contribution is -2.06. The van der Waals surface area contributed by atoms with E-state index in [1.807, 2.05) is 6.08 Å². The third kappa shape index (κ3) is 0.567. The lowest BCUT2D eigenvalue weighted by Gasteiger charge is -2.18. The van der Waals surface area contributed by atoms with Crippen molar-refractivity contribution in [3.05, 3.63) is 24.3 Å². The van der Waals surface area contributed by atoms with Gasteiger partial charge in [0, 0.05) is 5.92 Å². The molecule has 1 unspecified atom stereocenters. The molecular formula is C8H8. The first-order valence-corrected chi connectivity index (χ1v) is 2.67. The van der Waals surface area contributed by atoms with Crippen molar-refractivity contribution in [1.82, 2.24) is 0 Å². The van der Waals surface area contributed by atoms with E-state index in [9.17, 15) is 0 Å². The maximum absolute atomic E-state index is 5.16. The molecule has 0 heteroatoms. The molecule has 0 spiro atoms. The van der Waals surface area contributed by atoms with Crippen LogP contribution in [-0.2, 0) is 0 Å². The Morgan fingerprint density at radius 3 is 2.88 bits per heavy atom. The predicted molar refractivity (Wildman–Crippen MR) is 35.2 cm³/mol. The SMILES string of the molecule is C#CC1CC=C1C=C. The highest BCUT2D eigenvalue weighted by atomic mass is 14.2. The summed E-state index contributed by atoms with van der Waals surface area (Å²) in [6.45, 7) is 3.62. The molecule has 0 nitrogen and oxygen atoms in total. The van der Waals surface area contributed by atoms with E-state index in [-0.39, 0.29) is 0 Å². The van der Waals surface area contributed by atoms with Gasteiger partial charge in [-0.05, 0) is 12.0 Å². The molecule has 0 aromatic heterocycles. The fraction of sp³-hybridized carbons (Fsp3) is 0.250. The van der Waals surface area contributed by atoms with E-state index >= 15 is 0 Å². The molecule has 0 fully saturated rings. The Bertz CT molecular complexity index is 167. The van der Waals surface area contributed by atoms with Gasteiger partial charge < -0.3 is 0 Å². The molecule has 0 aromatic carbocycles. The Labute approximate surface area is 49.9 Å². The molecule has 0 aromatic rings. The first kappa shape index (κ1) is 5.18. The zero-order valence-corrected chi connectivity index (χ0v) is 4.72. The summed E-state index contributed by atoms with van der Waals surface area (Å²) in [4.78, 5) is 0. The van der Waals surface area contributed by atoms with Crippen molar-refractivity contribution in [2.24, 2.45) is 5.92 Å². The highest BCUT2D eigenvalue weighted by Crippen LogP contribution is 2.26. The molecular weight excluding hydrogens is 96.1 g/mol. The Hall–Kier alpha value is -0.960. The Balaban J connectivity index is 2.62. The topological polar surface area (TPSA) is 0 Å². The van der Waals surface area contributed by atoms with Crippen molar-refractivity contribution >= 4 is 0 Å². The van der Waals surface area contributed by atoms with E-state index in [0.29, 0.717) is 5.92 Å². The molecule has 0 radical (unpaired) electrons. The van der Waals surface area contributed by atoms with Gasteiger partial charge >= 0.3 is 0 Å². The highest BCUT2D eigenvalue weighted by Gasteiger charge is 2.14. The van der Waals surface area contributed by atoms with Gasteiger partial charge in [0.05, 0.1) is 0 Å². The largest absolute Gasteiger partial charge is 0.119 e. The van der Waals surface area contributed by atoms with E-state index in [0.717, 1.165) is 6.42 Å². The molecule has 0 saturated carbocycles. The molecule has 0 N–H and O–H groups in total. The zero-order valence-electron chi connectivity index (χ0n) is 4.72. The molecule has 0 heterocycles. The highest BCUT2D eigenvalue weighted by molar-refractivity contribution is 5.34. The van der Waals surface area contributed by atoms with Crippen LogP contribution in [0.25, 0.3) is 0 Å². The van der Waals surface area contributed by atoms with Gasteiger partial charge in [-0.15, -0.1) is 6.42 Å². The summed E-state index contributed by atoms with van der Waals surface area (Å²) in [7, 11) is 0. The smallest absolute Gasteiger partial charge is 0.0480 e. The fourth-order valence-electron chi connectivity index (χ4n) is 0.762. The van der Waals surface area contributed by atoms with Gasteiger partial charge in [-0.1, -0.05) is 24.7 Å². The summed E-state index contributed by atoms with van der Waals surface area (Å²) in [6, 6.07) is 0. The van der Waals surface area contributed by atoms with Crippen LogP contribution in [0.5, 0.6) is 0 Å². The maximum atomic E-state index is 5.16. The minimum atomic E-state index is 0.368. The molecule has 0 amide bonds. The summed E-state index contributed by atoms with van der Waals surface area (Å²) < 4.78 is 0. The molecule has 1 aliphatic carbocycles. The monoisotopic (exact) mass is 104 g/mol. The molecule has 0 saturated heterocycles. The van der Waals surface area contributed by atoms with E-state index < -0.39 is 0 Å².